The van der Waals surface area contributed by atoms with Gasteiger partial charge in [0, 0.05) is 30.4 Å². The Balaban J connectivity index is 0.00000190. The molecule has 0 bridgehead atoms. The highest BCUT2D eigenvalue weighted by Gasteiger charge is 2.38. The minimum absolute atomic E-state index is 0. The number of hydrogen-bond acceptors (Lipinski definition) is 6. The molecular weight excluding hydrogens is 515 g/mol. The van der Waals surface area contributed by atoms with Crippen LogP contribution in [0.1, 0.15) is 21.6 Å². The number of anilines is 1. The minimum Gasteiger partial charge on any atom is -0.369 e. The van der Waals surface area contributed by atoms with E-state index in [-0.39, 0.29) is 43.7 Å². The van der Waals surface area contributed by atoms with Crippen LogP contribution < -0.4 is 16.4 Å². The maximum Gasteiger partial charge on any atom is 0.238 e. The molecule has 1 aliphatic rings. The molecule has 37 heavy (non-hydrogen) atoms. The zero-order valence-corrected chi connectivity index (χ0v) is 21.2. The molecule has 4 aromatic rings. The summed E-state index contributed by atoms with van der Waals surface area (Å²) >= 11 is 0. The van der Waals surface area contributed by atoms with Crippen molar-refractivity contribution in [2.75, 3.05) is 11.9 Å². The molecule has 1 atom stereocenters. The Kier molecular flexibility index (Phi) is 8.60. The molecule has 1 aromatic heterocycles. The number of carbonyl (C=O) groups excluding carboxylic acids is 4. The maximum atomic E-state index is 12.7. The van der Waals surface area contributed by atoms with Crippen LogP contribution in [0.2, 0.25) is 0 Å². The molecule has 1 heterocycles. The summed E-state index contributed by atoms with van der Waals surface area (Å²) in [5.74, 6) is -3.54. The van der Waals surface area contributed by atoms with Crippen molar-refractivity contribution in [3.63, 3.8) is 0 Å². The highest BCUT2D eigenvalue weighted by molar-refractivity contribution is 6.27. The number of benzene rings is 3. The van der Waals surface area contributed by atoms with Crippen molar-refractivity contribution < 1.29 is 19.2 Å². The first-order valence-corrected chi connectivity index (χ1v) is 11.2. The SMILES string of the molecule is Cl.Cl.NC(=O)C1C(=O)Cc2cc3cc4ccc(NC(=O)CNCc5ccccn5)cc4cc3cc2C1=O. The molecule has 2 amide bonds. The number of nitrogens with one attached hydrogen (secondary N) is 2. The third-order valence-electron chi connectivity index (χ3n) is 6.12. The summed E-state index contributed by atoms with van der Waals surface area (Å²) in [6.45, 7) is 0.629. The van der Waals surface area contributed by atoms with Gasteiger partial charge in [0.25, 0.3) is 0 Å². The van der Waals surface area contributed by atoms with Gasteiger partial charge >= 0.3 is 0 Å². The average molecular weight is 539 g/mol. The summed E-state index contributed by atoms with van der Waals surface area (Å²) in [7, 11) is 0. The van der Waals surface area contributed by atoms with Gasteiger partial charge in [-0.25, -0.2) is 0 Å². The first-order chi connectivity index (χ1) is 16.9. The number of Topliss-reactive ketones (excluding diaryl/α,β-unsaturated/α-hetero) is 2. The molecule has 10 heteroatoms. The normalized spacial score (nSPS) is 14.4. The number of nitrogens with two attached hydrogens (primary N) is 1. The first kappa shape index (κ1) is 27.7. The molecule has 0 radical (unpaired) electrons. The molecule has 0 fully saturated rings. The van der Waals surface area contributed by atoms with Crippen LogP contribution in [0, 0.1) is 5.92 Å². The van der Waals surface area contributed by atoms with Gasteiger partial charge in [-0.1, -0.05) is 12.1 Å². The number of hydrogen-bond donors (Lipinski definition) is 3. The van der Waals surface area contributed by atoms with Gasteiger partial charge in [-0.3, -0.25) is 24.2 Å². The number of nitrogens with zero attached hydrogens (tertiary/aromatic N) is 1. The molecule has 0 spiro atoms. The van der Waals surface area contributed by atoms with Gasteiger partial charge in [-0.05, 0) is 75.6 Å². The summed E-state index contributed by atoms with van der Waals surface area (Å²) < 4.78 is 0. The molecule has 3 aromatic carbocycles. The van der Waals surface area contributed by atoms with Crippen LogP contribution in [-0.2, 0) is 27.3 Å². The van der Waals surface area contributed by atoms with Gasteiger partial charge in [0.2, 0.25) is 11.8 Å². The average Bonchev–Trinajstić information content (AvgIpc) is 2.82. The van der Waals surface area contributed by atoms with Crippen molar-refractivity contribution in [3.8, 4) is 0 Å². The van der Waals surface area contributed by atoms with E-state index >= 15 is 0 Å². The fourth-order valence-corrected chi connectivity index (χ4v) is 4.44. The topological polar surface area (TPSA) is 131 Å². The maximum absolute atomic E-state index is 12.7. The van der Waals surface area contributed by atoms with Crippen LogP contribution in [0.5, 0.6) is 0 Å². The van der Waals surface area contributed by atoms with Gasteiger partial charge in [-0.2, -0.15) is 0 Å². The van der Waals surface area contributed by atoms with Crippen LogP contribution in [0.25, 0.3) is 21.5 Å². The first-order valence-electron chi connectivity index (χ1n) is 11.2. The Hall–Kier alpha value is -3.85. The number of ketones is 2. The summed E-state index contributed by atoms with van der Waals surface area (Å²) in [5.41, 5.74) is 7.74. The Bertz CT molecular complexity index is 1530. The molecule has 1 aliphatic carbocycles. The third kappa shape index (κ3) is 5.77. The van der Waals surface area contributed by atoms with E-state index in [0.717, 1.165) is 27.2 Å². The van der Waals surface area contributed by atoms with Crippen molar-refractivity contribution in [2.45, 2.75) is 13.0 Å². The van der Waals surface area contributed by atoms with E-state index in [0.29, 0.717) is 23.4 Å². The Morgan fingerprint density at radius 1 is 0.919 bits per heavy atom. The quantitative estimate of drug-likeness (QED) is 0.254. The second-order valence-electron chi connectivity index (χ2n) is 8.59. The van der Waals surface area contributed by atoms with E-state index in [9.17, 15) is 19.2 Å². The molecule has 5 rings (SSSR count). The number of pyridine rings is 1. The van der Waals surface area contributed by atoms with Crippen LogP contribution in [-0.4, -0.2) is 34.9 Å². The number of carbonyl (C=O) groups is 4. The lowest BCUT2D eigenvalue weighted by molar-refractivity contribution is -0.130. The van der Waals surface area contributed by atoms with Crippen molar-refractivity contribution >= 4 is 75.4 Å². The van der Waals surface area contributed by atoms with E-state index in [2.05, 4.69) is 15.6 Å². The zero-order valence-electron chi connectivity index (χ0n) is 19.5. The number of rotatable bonds is 6. The fraction of sp³-hybridized carbons (Fsp3) is 0.148. The number of fused-ring (bicyclic) bond motifs is 3. The van der Waals surface area contributed by atoms with Crippen LogP contribution in [0.3, 0.4) is 0 Å². The third-order valence-corrected chi connectivity index (χ3v) is 6.12. The van der Waals surface area contributed by atoms with E-state index in [1.807, 2.05) is 54.6 Å². The van der Waals surface area contributed by atoms with E-state index < -0.39 is 23.4 Å². The minimum atomic E-state index is -1.42. The van der Waals surface area contributed by atoms with Gasteiger partial charge in [0.05, 0.1) is 12.2 Å². The van der Waals surface area contributed by atoms with Crippen LogP contribution >= 0.6 is 24.8 Å². The molecular formula is C27H24Cl2N4O4. The van der Waals surface area contributed by atoms with Crippen LogP contribution in [0.15, 0.2) is 66.9 Å². The molecule has 4 N–H and O–H groups in total. The number of amides is 2. The summed E-state index contributed by atoms with van der Waals surface area (Å²) in [4.78, 5) is 53.2. The highest BCUT2D eigenvalue weighted by atomic mass is 35.5. The predicted molar refractivity (Wildman–Crippen MR) is 146 cm³/mol. The molecule has 190 valence electrons. The zero-order chi connectivity index (χ0) is 24.5. The summed E-state index contributed by atoms with van der Waals surface area (Å²) in [6.07, 6.45) is 1.71. The number of primary amides is 1. The van der Waals surface area contributed by atoms with E-state index in [1.54, 1.807) is 12.3 Å². The lowest BCUT2D eigenvalue weighted by atomic mass is 9.80. The number of aromatic nitrogens is 1. The predicted octanol–water partition coefficient (Wildman–Crippen LogP) is 3.37. The smallest absolute Gasteiger partial charge is 0.238 e. The monoisotopic (exact) mass is 538 g/mol. The Labute approximate surface area is 224 Å². The highest BCUT2D eigenvalue weighted by Crippen LogP contribution is 2.31. The fourth-order valence-electron chi connectivity index (χ4n) is 4.44. The lowest BCUT2D eigenvalue weighted by Gasteiger charge is -2.21. The van der Waals surface area contributed by atoms with E-state index in [1.165, 1.54) is 0 Å². The summed E-state index contributed by atoms with van der Waals surface area (Å²) in [6, 6.07) is 18.6. The van der Waals surface area contributed by atoms with Crippen molar-refractivity contribution in [2.24, 2.45) is 11.7 Å². The van der Waals surface area contributed by atoms with Crippen molar-refractivity contribution in [1.82, 2.24) is 10.3 Å². The van der Waals surface area contributed by atoms with Crippen molar-refractivity contribution in [1.29, 1.82) is 0 Å². The standard InChI is InChI=1S/C27H22N4O4.2ClH/c28-27(35)25-23(32)12-19-9-16-7-15-4-5-20(10-17(15)8-18(16)11-22(19)26(25)34)31-24(33)14-29-13-21-3-1-2-6-30-21;;/h1-11,25,29H,12-14H2,(H2,28,35)(H,31,33);2*1H. The second kappa shape index (κ2) is 11.5. The molecule has 8 nitrogen and oxygen atoms in total. The van der Waals surface area contributed by atoms with E-state index in [4.69, 9.17) is 5.73 Å². The number of halogens is 2. The molecule has 1 unspecified atom stereocenters. The van der Waals surface area contributed by atoms with Gasteiger partial charge in [0.1, 0.15) is 0 Å². The summed E-state index contributed by atoms with van der Waals surface area (Å²) in [5, 5.41) is 9.45. The van der Waals surface area contributed by atoms with Crippen LogP contribution in [0.4, 0.5) is 5.69 Å². The largest absolute Gasteiger partial charge is 0.369 e. The molecule has 0 aliphatic heterocycles. The molecule has 0 saturated carbocycles. The Morgan fingerprint density at radius 3 is 2.38 bits per heavy atom. The second-order valence-corrected chi connectivity index (χ2v) is 8.59. The Morgan fingerprint density at radius 2 is 1.65 bits per heavy atom. The van der Waals surface area contributed by atoms with Crippen molar-refractivity contribution in [3.05, 3.63) is 83.7 Å². The van der Waals surface area contributed by atoms with Gasteiger partial charge < -0.3 is 16.4 Å². The van der Waals surface area contributed by atoms with Gasteiger partial charge in [0.15, 0.2) is 17.5 Å². The molecule has 0 saturated heterocycles. The lowest BCUT2D eigenvalue weighted by Crippen LogP contribution is -2.41. The van der Waals surface area contributed by atoms with Gasteiger partial charge in [-0.15, -0.1) is 24.8 Å².